The molecule has 0 fully saturated rings. The van der Waals surface area contributed by atoms with Crippen molar-refractivity contribution in [2.75, 3.05) is 6.54 Å². The fraction of sp³-hybridized carbons (Fsp3) is 0.412. The van der Waals surface area contributed by atoms with Crippen LogP contribution in [0.4, 0.5) is 4.39 Å². The monoisotopic (exact) mass is 306 g/mol. The molecule has 1 aliphatic carbocycles. The molecule has 0 amide bonds. The Hall–Kier alpha value is -1.32. The predicted molar refractivity (Wildman–Crippen MR) is 84.3 cm³/mol. The molecular weight excluding hydrogens is 287 g/mol. The summed E-state index contributed by atoms with van der Waals surface area (Å²) in [6, 6.07) is 5.16. The van der Waals surface area contributed by atoms with Gasteiger partial charge >= 0.3 is 0 Å². The minimum Gasteiger partial charge on any atom is -0.349 e. The Morgan fingerprint density at radius 3 is 3.05 bits per heavy atom. The second kappa shape index (κ2) is 6.20. The lowest BCUT2D eigenvalue weighted by Crippen LogP contribution is -2.23. The minimum atomic E-state index is -0.200. The topological polar surface area (TPSA) is 17.0 Å². The molecule has 0 bridgehead atoms. The first kappa shape index (κ1) is 14.6. The van der Waals surface area contributed by atoms with Gasteiger partial charge in [-0.05, 0) is 55.1 Å². The highest BCUT2D eigenvalue weighted by atomic mass is 35.5. The first-order valence-electron chi connectivity index (χ1n) is 7.53. The summed E-state index contributed by atoms with van der Waals surface area (Å²) in [6.45, 7) is 3.63. The number of nitrogens with one attached hydrogen (secondary N) is 1. The lowest BCUT2D eigenvalue weighted by atomic mass is 9.91. The van der Waals surface area contributed by atoms with E-state index in [1.807, 2.05) is 0 Å². The van der Waals surface area contributed by atoms with E-state index in [2.05, 4.69) is 29.2 Å². The van der Waals surface area contributed by atoms with E-state index < -0.39 is 0 Å². The number of aromatic nitrogens is 1. The van der Waals surface area contributed by atoms with Crippen LogP contribution in [-0.2, 0) is 13.0 Å². The van der Waals surface area contributed by atoms with Crippen LogP contribution >= 0.6 is 11.6 Å². The molecule has 1 heterocycles. The molecule has 1 aromatic heterocycles. The maximum atomic E-state index is 13.9. The zero-order valence-corrected chi connectivity index (χ0v) is 13.0. The third-order valence-corrected chi connectivity index (χ3v) is 4.36. The van der Waals surface area contributed by atoms with Gasteiger partial charge in [0.05, 0.1) is 0 Å². The molecule has 1 aromatic carbocycles. The van der Waals surface area contributed by atoms with E-state index >= 15 is 0 Å². The fourth-order valence-corrected chi connectivity index (χ4v) is 3.35. The maximum Gasteiger partial charge on any atom is 0.128 e. The van der Waals surface area contributed by atoms with E-state index in [0.29, 0.717) is 23.2 Å². The summed E-state index contributed by atoms with van der Waals surface area (Å²) in [6.07, 6.45) is 7.81. The molecule has 1 aliphatic rings. The lowest BCUT2D eigenvalue weighted by molar-refractivity contribution is 0.473. The van der Waals surface area contributed by atoms with Gasteiger partial charge in [-0.15, -0.1) is 0 Å². The van der Waals surface area contributed by atoms with Crippen LogP contribution < -0.4 is 5.32 Å². The Bertz CT molecular complexity index is 636. The maximum absolute atomic E-state index is 13.9. The SMILES string of the molecule is CCNC1CCCc2cn(Cc3cc(Cl)ccc3F)cc21. The first-order valence-corrected chi connectivity index (χ1v) is 7.91. The lowest BCUT2D eigenvalue weighted by Gasteiger charge is -2.22. The molecule has 0 saturated heterocycles. The Balaban J connectivity index is 1.86. The fourth-order valence-electron chi connectivity index (χ4n) is 3.16. The summed E-state index contributed by atoms with van der Waals surface area (Å²) in [5.74, 6) is -0.200. The first-order chi connectivity index (χ1) is 10.2. The quantitative estimate of drug-likeness (QED) is 0.890. The van der Waals surface area contributed by atoms with E-state index in [4.69, 9.17) is 11.6 Å². The molecule has 1 unspecified atom stereocenters. The molecule has 4 heteroatoms. The summed E-state index contributed by atoms with van der Waals surface area (Å²) in [4.78, 5) is 0. The van der Waals surface area contributed by atoms with Gasteiger partial charge in [-0.25, -0.2) is 4.39 Å². The van der Waals surface area contributed by atoms with Crippen LogP contribution in [-0.4, -0.2) is 11.1 Å². The van der Waals surface area contributed by atoms with E-state index in [0.717, 1.165) is 13.0 Å². The normalized spacial score (nSPS) is 17.8. The molecule has 2 aromatic rings. The van der Waals surface area contributed by atoms with Gasteiger partial charge in [-0.1, -0.05) is 18.5 Å². The number of hydrogen-bond donors (Lipinski definition) is 1. The van der Waals surface area contributed by atoms with E-state index in [1.165, 1.54) is 30.0 Å². The average molecular weight is 307 g/mol. The zero-order chi connectivity index (χ0) is 14.8. The Morgan fingerprint density at radius 2 is 2.24 bits per heavy atom. The van der Waals surface area contributed by atoms with Crippen LogP contribution in [0.5, 0.6) is 0 Å². The van der Waals surface area contributed by atoms with E-state index in [-0.39, 0.29) is 5.82 Å². The van der Waals surface area contributed by atoms with Crippen molar-refractivity contribution in [3.63, 3.8) is 0 Å². The van der Waals surface area contributed by atoms with Crippen LogP contribution in [0.2, 0.25) is 5.02 Å². The molecule has 21 heavy (non-hydrogen) atoms. The Kier molecular flexibility index (Phi) is 4.32. The average Bonchev–Trinajstić information content (AvgIpc) is 2.87. The molecule has 0 aliphatic heterocycles. The van der Waals surface area contributed by atoms with Crippen molar-refractivity contribution in [1.82, 2.24) is 9.88 Å². The molecule has 1 atom stereocenters. The van der Waals surface area contributed by atoms with Crippen LogP contribution in [0, 0.1) is 5.82 Å². The summed E-state index contributed by atoms with van der Waals surface area (Å²) in [7, 11) is 0. The Labute approximate surface area is 129 Å². The second-order valence-corrected chi connectivity index (χ2v) is 6.09. The van der Waals surface area contributed by atoms with Gasteiger partial charge in [0.2, 0.25) is 0 Å². The van der Waals surface area contributed by atoms with Crippen molar-refractivity contribution in [3.05, 3.63) is 58.1 Å². The molecule has 112 valence electrons. The largest absolute Gasteiger partial charge is 0.349 e. The third kappa shape index (κ3) is 3.14. The van der Waals surface area contributed by atoms with Gasteiger partial charge in [0.1, 0.15) is 5.82 Å². The molecule has 2 nitrogen and oxygen atoms in total. The highest BCUT2D eigenvalue weighted by Gasteiger charge is 2.21. The van der Waals surface area contributed by atoms with Gasteiger partial charge in [0, 0.05) is 35.6 Å². The third-order valence-electron chi connectivity index (χ3n) is 4.12. The highest BCUT2D eigenvalue weighted by molar-refractivity contribution is 6.30. The predicted octanol–water partition coefficient (Wildman–Crippen LogP) is 4.32. The zero-order valence-electron chi connectivity index (χ0n) is 12.2. The summed E-state index contributed by atoms with van der Waals surface area (Å²) < 4.78 is 15.9. The van der Waals surface area contributed by atoms with E-state index in [1.54, 1.807) is 12.1 Å². The van der Waals surface area contributed by atoms with Crippen molar-refractivity contribution < 1.29 is 4.39 Å². The van der Waals surface area contributed by atoms with Gasteiger partial charge in [0.15, 0.2) is 0 Å². The highest BCUT2D eigenvalue weighted by Crippen LogP contribution is 2.30. The van der Waals surface area contributed by atoms with E-state index in [9.17, 15) is 4.39 Å². The number of halogens is 2. The summed E-state index contributed by atoms with van der Waals surface area (Å²) >= 11 is 5.96. The van der Waals surface area contributed by atoms with Gasteiger partial charge in [-0.2, -0.15) is 0 Å². The minimum absolute atomic E-state index is 0.200. The summed E-state index contributed by atoms with van der Waals surface area (Å²) in [5.41, 5.74) is 3.38. The molecule has 1 N–H and O–H groups in total. The van der Waals surface area contributed by atoms with Crippen molar-refractivity contribution in [2.45, 2.75) is 38.8 Å². The van der Waals surface area contributed by atoms with Crippen LogP contribution in [0.1, 0.15) is 42.5 Å². The molecular formula is C17H20ClFN2. The van der Waals surface area contributed by atoms with Gasteiger partial charge < -0.3 is 9.88 Å². The van der Waals surface area contributed by atoms with Crippen molar-refractivity contribution in [3.8, 4) is 0 Å². The van der Waals surface area contributed by atoms with Gasteiger partial charge in [0.25, 0.3) is 0 Å². The molecule has 3 rings (SSSR count). The molecule has 0 spiro atoms. The van der Waals surface area contributed by atoms with Crippen LogP contribution in [0.15, 0.2) is 30.6 Å². The number of aryl methyl sites for hydroxylation is 1. The van der Waals surface area contributed by atoms with Crippen LogP contribution in [0.3, 0.4) is 0 Å². The number of fused-ring (bicyclic) bond motifs is 1. The second-order valence-electron chi connectivity index (χ2n) is 5.65. The number of rotatable bonds is 4. The van der Waals surface area contributed by atoms with Crippen molar-refractivity contribution in [2.24, 2.45) is 0 Å². The Morgan fingerprint density at radius 1 is 1.38 bits per heavy atom. The standard InChI is InChI=1S/C17H20ClFN2/c1-2-20-17-5-3-4-12-9-21(11-15(12)17)10-13-8-14(18)6-7-16(13)19/h6-9,11,17,20H,2-5,10H2,1H3. The summed E-state index contributed by atoms with van der Waals surface area (Å²) in [5, 5.41) is 4.11. The van der Waals surface area contributed by atoms with Crippen LogP contribution in [0.25, 0.3) is 0 Å². The van der Waals surface area contributed by atoms with Gasteiger partial charge in [-0.3, -0.25) is 0 Å². The number of hydrogen-bond acceptors (Lipinski definition) is 1. The molecule has 0 saturated carbocycles. The van der Waals surface area contributed by atoms with Crippen molar-refractivity contribution >= 4 is 11.6 Å². The number of benzene rings is 1. The smallest absolute Gasteiger partial charge is 0.128 e. The molecule has 0 radical (unpaired) electrons. The number of nitrogens with zero attached hydrogens (tertiary/aromatic N) is 1. The van der Waals surface area contributed by atoms with Crippen molar-refractivity contribution in [1.29, 1.82) is 0 Å².